The molecule has 0 saturated heterocycles. The van der Waals surface area contributed by atoms with Crippen LogP contribution in [0.15, 0.2) is 65.5 Å². The first-order valence-electron chi connectivity index (χ1n) is 8.02. The van der Waals surface area contributed by atoms with Crippen LogP contribution in [0, 0.1) is 0 Å². The molecule has 0 spiro atoms. The molecule has 5 heteroatoms. The molecule has 0 radical (unpaired) electrons. The number of amides is 2. The molecule has 0 aliphatic carbocycles. The van der Waals surface area contributed by atoms with Crippen molar-refractivity contribution in [1.82, 2.24) is 5.32 Å². The summed E-state index contributed by atoms with van der Waals surface area (Å²) in [4.78, 5) is 15.1. The summed E-state index contributed by atoms with van der Waals surface area (Å²) in [6.45, 7) is 0. The predicted molar refractivity (Wildman–Crippen MR) is 69.6 cm³/mol. The van der Waals surface area contributed by atoms with Crippen LogP contribution in [0.3, 0.4) is 0 Å². The first-order chi connectivity index (χ1) is 11.3. The number of hydrogen-bond acceptors (Lipinski definition) is 2. The number of rotatable bonds is 2. The normalized spacial score (nSPS) is 24.3. The molecule has 2 amide bonds. The summed E-state index contributed by atoms with van der Waals surface area (Å²) in [5.41, 5.74) is -1.99. The van der Waals surface area contributed by atoms with E-state index in [2.05, 4.69) is 10.3 Å². The second kappa shape index (κ2) is 5.79. The van der Waals surface area contributed by atoms with Crippen LogP contribution in [-0.4, -0.2) is 11.9 Å². The quantitative estimate of drug-likeness (QED) is 0.674. The van der Waals surface area contributed by atoms with Crippen molar-refractivity contribution in [1.29, 1.82) is 0 Å². The fourth-order valence-corrected chi connectivity index (χ4v) is 2.05. The van der Waals surface area contributed by atoms with Gasteiger partial charge in [0.2, 0.25) is 0 Å². The molecule has 1 aliphatic heterocycles. The number of nitrogens with one attached hydrogen (secondary N) is 1. The van der Waals surface area contributed by atoms with Gasteiger partial charge in [-0.1, -0.05) is 60.5 Å². The van der Waals surface area contributed by atoms with Gasteiger partial charge in [-0.25, -0.2) is 9.79 Å². The van der Waals surface area contributed by atoms with Gasteiger partial charge in [-0.05, 0) is 11.1 Å². The minimum Gasteiger partial charge on any atom is -0.859 e. The van der Waals surface area contributed by atoms with Crippen molar-refractivity contribution < 1.29 is 46.3 Å². The molecule has 0 saturated carbocycles. The minimum absolute atomic E-state index is 0. The molecule has 2 aromatic rings. The summed E-state index contributed by atoms with van der Waals surface area (Å²) in [5.74, 6) is -0.919. The van der Waals surface area contributed by atoms with Crippen LogP contribution in [0.1, 0.15) is 18.0 Å². The van der Waals surface area contributed by atoms with Crippen molar-refractivity contribution in [2.24, 2.45) is 4.99 Å². The third-order valence-electron chi connectivity index (χ3n) is 2.90. The van der Waals surface area contributed by atoms with Crippen molar-refractivity contribution in [3.05, 3.63) is 71.7 Å². The Morgan fingerprint density at radius 3 is 2.30 bits per heavy atom. The molecule has 0 fully saturated rings. The van der Waals surface area contributed by atoms with Crippen LogP contribution in [0.25, 0.3) is 0 Å². The molecule has 1 unspecified atom stereocenters. The monoisotopic (exact) mass is 279 g/mol. The molecular weight excluding hydrogens is 263 g/mol. The number of nitrogens with zero attached hydrogens (tertiary/aromatic N) is 1. The molecule has 20 heavy (non-hydrogen) atoms. The Bertz CT molecular complexity index is 862. The maximum atomic E-state index is 12.5. The first kappa shape index (κ1) is 9.34. The van der Waals surface area contributed by atoms with Gasteiger partial charge >= 0.3 is 35.6 Å². The van der Waals surface area contributed by atoms with E-state index in [0.29, 0.717) is 0 Å². The Hall–Kier alpha value is -1.62. The third-order valence-corrected chi connectivity index (χ3v) is 2.90. The molecule has 94 valence electrons. The van der Waals surface area contributed by atoms with E-state index in [1.54, 1.807) is 18.2 Å². The third kappa shape index (κ3) is 2.26. The Balaban J connectivity index is 0.00000225. The van der Waals surface area contributed by atoms with E-state index >= 15 is 0 Å². The molecule has 1 atom stereocenters. The van der Waals surface area contributed by atoms with E-state index in [4.69, 9.17) is 6.85 Å². The molecule has 4 nitrogen and oxygen atoms in total. The van der Waals surface area contributed by atoms with Crippen molar-refractivity contribution in [2.45, 2.75) is 5.54 Å². The second-order valence-corrected chi connectivity index (χ2v) is 3.96. The summed E-state index contributed by atoms with van der Waals surface area (Å²) < 4.78 is 39.5. The molecular formula is C15H11N2NaO2. The van der Waals surface area contributed by atoms with E-state index < -0.39 is 47.7 Å². The average Bonchev–Trinajstić information content (AvgIpc) is 2.87. The van der Waals surface area contributed by atoms with Gasteiger partial charge in [-0.15, -0.1) is 0 Å². The molecule has 2 aromatic carbocycles. The van der Waals surface area contributed by atoms with Gasteiger partial charge in [0, 0.05) is 5.90 Å². The van der Waals surface area contributed by atoms with Crippen LogP contribution >= 0.6 is 0 Å². The maximum Gasteiger partial charge on any atom is 1.00 e. The van der Waals surface area contributed by atoms with Gasteiger partial charge < -0.3 is 10.4 Å². The van der Waals surface area contributed by atoms with Crippen molar-refractivity contribution in [2.75, 3.05) is 0 Å². The van der Waals surface area contributed by atoms with Crippen LogP contribution in [0.2, 0.25) is 0 Å². The average molecular weight is 279 g/mol. The zero-order valence-electron chi connectivity index (χ0n) is 15.7. The van der Waals surface area contributed by atoms with Crippen LogP contribution in [0.4, 0.5) is 4.79 Å². The van der Waals surface area contributed by atoms with Gasteiger partial charge in [0.15, 0.2) is 0 Å². The topological polar surface area (TPSA) is 64.5 Å². The van der Waals surface area contributed by atoms with E-state index in [1.165, 1.54) is 12.1 Å². The summed E-state index contributed by atoms with van der Waals surface area (Å²) in [6, 6.07) is 4.18. The van der Waals surface area contributed by atoms with Gasteiger partial charge in [0.05, 0.1) is 6.85 Å². The Kier molecular flexibility index (Phi) is 2.70. The Labute approximate surface area is 145 Å². The van der Waals surface area contributed by atoms with Crippen molar-refractivity contribution in [3.63, 3.8) is 0 Å². The fourth-order valence-electron chi connectivity index (χ4n) is 2.05. The second-order valence-electron chi connectivity index (χ2n) is 3.96. The van der Waals surface area contributed by atoms with Gasteiger partial charge in [-0.2, -0.15) is 0 Å². The Morgan fingerprint density at radius 1 is 1.10 bits per heavy atom. The number of carbonyl (C=O) groups is 1. The summed E-state index contributed by atoms with van der Waals surface area (Å²) in [5, 5.41) is 14.9. The zero-order chi connectivity index (χ0) is 17.6. The summed E-state index contributed by atoms with van der Waals surface area (Å²) in [7, 11) is 0. The van der Waals surface area contributed by atoms with Gasteiger partial charge in [0.1, 0.15) is 5.54 Å². The molecule has 0 aromatic heterocycles. The number of carbonyl (C=O) groups excluding carboxylic acids is 1. The van der Waals surface area contributed by atoms with Gasteiger partial charge in [0.25, 0.3) is 0 Å². The molecule has 3 rings (SSSR count). The maximum absolute atomic E-state index is 12.5. The minimum atomic E-state index is -1.94. The SMILES string of the molecule is [2H]c1c([2H])c([2H])c(C2(c3ccccc3)NC(=O)N=C2[O-])c([2H])c1[2H].[Na+]. The van der Waals surface area contributed by atoms with Crippen molar-refractivity contribution in [3.8, 4) is 0 Å². The summed E-state index contributed by atoms with van der Waals surface area (Å²) in [6.07, 6.45) is 0. The first-order valence-corrected chi connectivity index (χ1v) is 5.52. The molecule has 1 N–H and O–H groups in total. The summed E-state index contributed by atoms with van der Waals surface area (Å²) >= 11 is 0. The van der Waals surface area contributed by atoms with Crippen LogP contribution in [0.5, 0.6) is 0 Å². The molecule has 1 aliphatic rings. The smallest absolute Gasteiger partial charge is 0.859 e. The number of hydrogen-bond donors (Lipinski definition) is 1. The standard InChI is InChI=1S/C15H12N2O2.Na/c18-13-15(17-14(19)16-13,11-7-3-1-4-8-11)12-9-5-2-6-10-12;/h1-10H,(H2,16,17,18,19);/q;+1/p-1/i1D,3D,4D,7D,8D;. The fraction of sp³-hybridized carbons (Fsp3) is 0.0667. The van der Waals surface area contributed by atoms with E-state index in [1.807, 2.05) is 0 Å². The van der Waals surface area contributed by atoms with Crippen molar-refractivity contribution >= 4 is 11.9 Å². The van der Waals surface area contributed by atoms with E-state index in [0.717, 1.165) is 0 Å². The zero-order valence-corrected chi connectivity index (χ0v) is 12.7. The van der Waals surface area contributed by atoms with E-state index in [-0.39, 0.29) is 40.7 Å². The largest absolute Gasteiger partial charge is 1.00 e. The Morgan fingerprint density at radius 2 is 1.75 bits per heavy atom. The van der Waals surface area contributed by atoms with E-state index in [9.17, 15) is 9.90 Å². The molecule has 1 heterocycles. The number of urea groups is 1. The van der Waals surface area contributed by atoms with Crippen LogP contribution < -0.4 is 40.0 Å². The number of aliphatic imine (C=N–C) groups is 1. The molecule has 0 bridgehead atoms. The number of benzene rings is 2. The van der Waals surface area contributed by atoms with Crippen LogP contribution in [-0.2, 0) is 5.54 Å². The predicted octanol–water partition coefficient (Wildman–Crippen LogP) is -1.58. The van der Waals surface area contributed by atoms with Gasteiger partial charge in [-0.3, -0.25) is 0 Å².